The Labute approximate surface area is 132 Å². The van der Waals surface area contributed by atoms with Gasteiger partial charge in [0.1, 0.15) is 0 Å². The van der Waals surface area contributed by atoms with Crippen LogP contribution in [0.15, 0.2) is 0 Å². The third-order valence-electron chi connectivity index (χ3n) is 2.49. The molecule has 18 heavy (non-hydrogen) atoms. The zero-order valence-electron chi connectivity index (χ0n) is 11.5. The Bertz CT molecular complexity index is 200. The molecule has 0 saturated carbocycles. The van der Waals surface area contributed by atoms with Crippen molar-refractivity contribution in [1.29, 1.82) is 0 Å². The van der Waals surface area contributed by atoms with Crippen molar-refractivity contribution in [2.45, 2.75) is 65.2 Å². The molecule has 114 valence electrons. The van der Waals surface area contributed by atoms with Crippen LogP contribution in [0, 0.1) is 0 Å². The number of hydrogen-bond acceptors (Lipinski definition) is 4. The minimum atomic E-state index is -2.79. The van der Waals surface area contributed by atoms with Gasteiger partial charge in [0, 0.05) is 5.69 Å². The molecular weight excluding hydrogens is 335 g/mol. The zero-order valence-corrected chi connectivity index (χ0v) is 14.9. The summed E-state index contributed by atoms with van der Waals surface area (Å²) in [6.07, 6.45) is 9.32. The molecule has 0 bridgehead atoms. The Morgan fingerprint density at radius 1 is 1.00 bits per heavy atom. The van der Waals surface area contributed by atoms with E-state index in [-0.39, 0.29) is 17.1 Å². The van der Waals surface area contributed by atoms with Gasteiger partial charge in [0.2, 0.25) is 0 Å². The first-order valence-corrected chi connectivity index (χ1v) is 11.0. The molecule has 0 aliphatic heterocycles. The third-order valence-corrected chi connectivity index (χ3v) is 6.86. The van der Waals surface area contributed by atoms with Crippen LogP contribution in [-0.4, -0.2) is 12.4 Å². The van der Waals surface area contributed by atoms with E-state index in [1.54, 1.807) is 0 Å². The monoisotopic (exact) mass is 360 g/mol. The average Bonchev–Trinajstić information content (AvgIpc) is 2.28. The summed E-state index contributed by atoms with van der Waals surface area (Å²) in [5.74, 6) is 0.871. The molecule has 0 heterocycles. The van der Waals surface area contributed by atoms with Gasteiger partial charge in [-0.05, 0) is 18.6 Å². The second kappa shape index (κ2) is 14.8. The van der Waals surface area contributed by atoms with Crippen molar-refractivity contribution in [3.8, 4) is 0 Å². The topological polar surface area (TPSA) is 32.3 Å². The van der Waals surface area contributed by atoms with Gasteiger partial charge in [-0.15, -0.1) is 11.4 Å². The van der Waals surface area contributed by atoms with Crippen molar-refractivity contribution in [2.75, 3.05) is 12.4 Å². The molecule has 1 unspecified atom stereocenters. The Morgan fingerprint density at radius 2 is 1.56 bits per heavy atom. The van der Waals surface area contributed by atoms with Crippen LogP contribution < -0.4 is 4.89 Å². The molecule has 6 heteroatoms. The minimum Gasteiger partial charge on any atom is -0.793 e. The Balaban J connectivity index is 0. The third kappa shape index (κ3) is 15.5. The largest absolute Gasteiger partial charge is 1.00 e. The van der Waals surface area contributed by atoms with E-state index in [0.29, 0.717) is 6.61 Å². The Morgan fingerprint density at radius 3 is 2.11 bits per heavy atom. The summed E-state index contributed by atoms with van der Waals surface area (Å²) < 4.78 is 5.32. The van der Waals surface area contributed by atoms with Gasteiger partial charge in [-0.25, -0.2) is 0 Å². The van der Waals surface area contributed by atoms with Crippen LogP contribution in [0.4, 0.5) is 0 Å². The Hall–Kier alpha value is 1.44. The van der Waals surface area contributed by atoms with Gasteiger partial charge in [-0.1, -0.05) is 64.2 Å². The number of rotatable bonds is 12. The summed E-state index contributed by atoms with van der Waals surface area (Å²) in [7, 11) is 0. The van der Waals surface area contributed by atoms with Crippen molar-refractivity contribution in [3.63, 3.8) is 0 Å². The zero-order chi connectivity index (χ0) is 13.0. The van der Waals surface area contributed by atoms with Gasteiger partial charge < -0.3 is 9.42 Å². The van der Waals surface area contributed by atoms with E-state index in [0.717, 1.165) is 25.0 Å². The van der Waals surface area contributed by atoms with Crippen LogP contribution in [0.2, 0.25) is 0 Å². The van der Waals surface area contributed by atoms with Gasteiger partial charge in [-0.2, -0.15) is 0 Å². The van der Waals surface area contributed by atoms with Gasteiger partial charge in [0.05, 0.1) is 6.61 Å². The molecule has 0 N–H and O–H groups in total. The molecule has 2 nitrogen and oxygen atoms in total. The first kappa shape index (κ1) is 21.7. The van der Waals surface area contributed by atoms with Crippen molar-refractivity contribution >= 4 is 28.9 Å². The van der Waals surface area contributed by atoms with Crippen LogP contribution in [0.5, 0.6) is 0 Å². The Kier molecular flexibility index (Phi) is 17.9. The molecule has 0 aliphatic rings. The van der Waals surface area contributed by atoms with E-state index in [9.17, 15) is 4.89 Å². The molecule has 0 aliphatic carbocycles. The summed E-state index contributed by atoms with van der Waals surface area (Å²) in [6, 6.07) is 0. The predicted molar refractivity (Wildman–Crippen MR) is 81.0 cm³/mol. The van der Waals surface area contributed by atoms with Crippen molar-refractivity contribution < 1.29 is 26.5 Å². The van der Waals surface area contributed by atoms with Crippen molar-refractivity contribution in [3.05, 3.63) is 0 Å². The van der Waals surface area contributed by atoms with Crippen LogP contribution >= 0.6 is 17.1 Å². The smallest absolute Gasteiger partial charge is 0.793 e. The fraction of sp³-hybridized carbons (Fsp3) is 1.00. The number of hydrogen-bond donors (Lipinski definition) is 0. The van der Waals surface area contributed by atoms with E-state index >= 15 is 0 Å². The summed E-state index contributed by atoms with van der Waals surface area (Å²) in [4.78, 5) is 11.8. The fourth-order valence-electron chi connectivity index (χ4n) is 1.45. The maximum absolute atomic E-state index is 11.8. The van der Waals surface area contributed by atoms with Gasteiger partial charge in [-0.3, -0.25) is 0 Å². The van der Waals surface area contributed by atoms with Crippen LogP contribution in [0.1, 0.15) is 65.2 Å². The summed E-state index contributed by atoms with van der Waals surface area (Å²) in [5, 5.41) is 0. The summed E-state index contributed by atoms with van der Waals surface area (Å²) in [5.41, 5.74) is -2.79. The van der Waals surface area contributed by atoms with E-state index in [2.05, 4.69) is 13.8 Å². The average molecular weight is 361 g/mol. The molecule has 0 amide bonds. The number of unbranched alkanes of at least 4 members (excludes halogenated alkanes) is 6. The second-order valence-corrected chi connectivity index (χ2v) is 10.4. The van der Waals surface area contributed by atoms with Crippen molar-refractivity contribution in [1.82, 2.24) is 0 Å². The quantitative estimate of drug-likeness (QED) is 0.292. The van der Waals surface area contributed by atoms with Crippen LogP contribution in [-0.2, 0) is 33.4 Å². The first-order chi connectivity index (χ1) is 8.12. The molecule has 0 fully saturated rings. The normalized spacial score (nSPS) is 13.9. The minimum absolute atomic E-state index is 0. The maximum atomic E-state index is 11.8. The molecule has 1 atom stereocenters. The van der Waals surface area contributed by atoms with Gasteiger partial charge in [0.25, 0.3) is 0 Å². The van der Waals surface area contributed by atoms with Crippen molar-refractivity contribution in [2.24, 2.45) is 0 Å². The summed E-state index contributed by atoms with van der Waals surface area (Å²) >= 11 is 6.34. The molecule has 0 spiro atoms. The molecule has 0 saturated heterocycles. The predicted octanol–water partition coefficient (Wildman–Crippen LogP) is 4.48. The molecular formula is C12H26CuO2PS2. The molecule has 0 rings (SSSR count). The molecule has 0 aromatic heterocycles. The summed E-state index contributed by atoms with van der Waals surface area (Å²) in [6.45, 7) is 4.91. The van der Waals surface area contributed by atoms with Crippen LogP contribution in [0.3, 0.4) is 0 Å². The first-order valence-electron chi connectivity index (χ1n) is 6.72. The van der Waals surface area contributed by atoms with Gasteiger partial charge in [0.15, 0.2) is 0 Å². The second-order valence-electron chi connectivity index (χ2n) is 4.23. The molecule has 0 aromatic rings. The van der Waals surface area contributed by atoms with E-state index < -0.39 is 5.69 Å². The van der Waals surface area contributed by atoms with E-state index in [1.807, 2.05) is 0 Å². The SMILES string of the molecule is CCCCCCOP([O-])(=S)SCCCCCC.[Cu+]. The van der Waals surface area contributed by atoms with E-state index in [1.165, 1.54) is 43.5 Å². The standard InChI is InChI=1S/C12H27O2PS2.Cu/c1-3-5-7-9-11-14-15(13,16)17-12-10-8-6-4-2;/h3-12H2,1-2H3,(H,13,16);/q;+1/p-1. The van der Waals surface area contributed by atoms with Gasteiger partial charge >= 0.3 is 17.1 Å². The molecule has 0 aromatic carbocycles. The van der Waals surface area contributed by atoms with Crippen LogP contribution in [0.25, 0.3) is 0 Å². The van der Waals surface area contributed by atoms with E-state index in [4.69, 9.17) is 16.3 Å². The maximum Gasteiger partial charge on any atom is 1.00 e. The molecule has 0 radical (unpaired) electrons. The fourth-order valence-corrected chi connectivity index (χ4v) is 4.83.